The predicted octanol–water partition coefficient (Wildman–Crippen LogP) is 0.416. The van der Waals surface area contributed by atoms with Crippen molar-refractivity contribution in [1.82, 2.24) is 14.5 Å². The molecule has 1 unspecified atom stereocenters. The van der Waals surface area contributed by atoms with E-state index >= 15 is 0 Å². The first-order valence-electron chi connectivity index (χ1n) is 5.63. The third-order valence-corrected chi connectivity index (χ3v) is 2.92. The Kier molecular flexibility index (Phi) is 3.69. The van der Waals surface area contributed by atoms with Crippen LogP contribution < -0.4 is 0 Å². The Hall–Kier alpha value is -1.20. The first-order valence-corrected chi connectivity index (χ1v) is 5.63. The van der Waals surface area contributed by atoms with Crippen molar-refractivity contribution in [3.05, 3.63) is 18.2 Å². The number of hydrogen-bond acceptors (Lipinski definition) is 4. The van der Waals surface area contributed by atoms with Crippen molar-refractivity contribution in [3.63, 3.8) is 0 Å². The van der Waals surface area contributed by atoms with Gasteiger partial charge in [0.2, 0.25) is 0 Å². The Bertz CT molecular complexity index is 351. The van der Waals surface area contributed by atoms with Crippen LogP contribution >= 0.6 is 0 Å². The predicted molar refractivity (Wildman–Crippen MR) is 59.5 cm³/mol. The molecule has 0 bridgehead atoms. The molecule has 1 fully saturated rings. The van der Waals surface area contributed by atoms with Crippen LogP contribution in [0.1, 0.15) is 17.5 Å². The van der Waals surface area contributed by atoms with Crippen LogP contribution in [0.25, 0.3) is 0 Å². The van der Waals surface area contributed by atoms with Crippen LogP contribution in [0.4, 0.5) is 0 Å². The number of aldehydes is 1. The van der Waals surface area contributed by atoms with Gasteiger partial charge in [-0.2, -0.15) is 0 Å². The molecule has 5 heteroatoms. The van der Waals surface area contributed by atoms with Crippen LogP contribution in [-0.2, 0) is 11.3 Å². The van der Waals surface area contributed by atoms with E-state index < -0.39 is 0 Å². The van der Waals surface area contributed by atoms with Gasteiger partial charge < -0.3 is 9.30 Å². The summed E-state index contributed by atoms with van der Waals surface area (Å²) in [6.45, 7) is 6.58. The van der Waals surface area contributed by atoms with E-state index in [9.17, 15) is 4.79 Å². The van der Waals surface area contributed by atoms with Crippen molar-refractivity contribution >= 4 is 6.29 Å². The maximum atomic E-state index is 10.7. The quantitative estimate of drug-likeness (QED) is 0.694. The van der Waals surface area contributed by atoms with Crippen molar-refractivity contribution in [2.75, 3.05) is 26.2 Å². The van der Waals surface area contributed by atoms with E-state index in [1.54, 1.807) is 6.20 Å². The number of aromatic nitrogens is 2. The van der Waals surface area contributed by atoms with E-state index in [0.29, 0.717) is 12.4 Å². The average molecular weight is 223 g/mol. The highest BCUT2D eigenvalue weighted by atomic mass is 16.5. The zero-order chi connectivity index (χ0) is 11.4. The molecule has 1 aliphatic heterocycles. The van der Waals surface area contributed by atoms with Gasteiger partial charge in [0.05, 0.1) is 19.3 Å². The second-order valence-electron chi connectivity index (χ2n) is 3.94. The standard InChI is InChI=1S/C11H17N3O2/c1-2-13-5-6-16-10(7-13)8-14-4-3-12-11(14)9-15/h3-4,9-10H,2,5-8H2,1H3. The van der Waals surface area contributed by atoms with E-state index in [-0.39, 0.29) is 6.10 Å². The van der Waals surface area contributed by atoms with Gasteiger partial charge in [0.25, 0.3) is 0 Å². The Morgan fingerprint density at radius 3 is 3.31 bits per heavy atom. The lowest BCUT2D eigenvalue weighted by Gasteiger charge is -2.32. The van der Waals surface area contributed by atoms with Crippen molar-refractivity contribution in [1.29, 1.82) is 0 Å². The summed E-state index contributed by atoms with van der Waals surface area (Å²) < 4.78 is 7.52. The number of nitrogens with zero attached hydrogens (tertiary/aromatic N) is 3. The molecule has 16 heavy (non-hydrogen) atoms. The minimum absolute atomic E-state index is 0.154. The molecular formula is C11H17N3O2. The topological polar surface area (TPSA) is 47.4 Å². The fraction of sp³-hybridized carbons (Fsp3) is 0.636. The summed E-state index contributed by atoms with van der Waals surface area (Å²) in [5, 5.41) is 0. The molecule has 0 saturated carbocycles. The summed E-state index contributed by atoms with van der Waals surface area (Å²) >= 11 is 0. The zero-order valence-electron chi connectivity index (χ0n) is 9.50. The van der Waals surface area contributed by atoms with Crippen molar-refractivity contribution in [3.8, 4) is 0 Å². The number of imidazole rings is 1. The molecule has 1 saturated heterocycles. The summed E-state index contributed by atoms with van der Waals surface area (Å²) in [7, 11) is 0. The highest BCUT2D eigenvalue weighted by molar-refractivity contribution is 5.69. The maximum Gasteiger partial charge on any atom is 0.185 e. The Morgan fingerprint density at radius 1 is 1.69 bits per heavy atom. The SMILES string of the molecule is CCN1CCOC(Cn2ccnc2C=O)C1. The number of hydrogen-bond donors (Lipinski definition) is 0. The van der Waals surface area contributed by atoms with Crippen molar-refractivity contribution in [2.45, 2.75) is 19.6 Å². The third-order valence-electron chi connectivity index (χ3n) is 2.92. The Morgan fingerprint density at radius 2 is 2.56 bits per heavy atom. The van der Waals surface area contributed by atoms with Crippen LogP contribution in [0.5, 0.6) is 0 Å². The third kappa shape index (κ3) is 2.48. The van der Waals surface area contributed by atoms with E-state index in [1.165, 1.54) is 0 Å². The van der Waals surface area contributed by atoms with Crippen LogP contribution in [-0.4, -0.2) is 53.1 Å². The van der Waals surface area contributed by atoms with Gasteiger partial charge in [0.15, 0.2) is 12.1 Å². The van der Waals surface area contributed by atoms with Crippen LogP contribution in [0.15, 0.2) is 12.4 Å². The maximum absolute atomic E-state index is 10.7. The van der Waals surface area contributed by atoms with Gasteiger partial charge in [-0.3, -0.25) is 9.69 Å². The number of ether oxygens (including phenoxy) is 1. The molecule has 0 spiro atoms. The van der Waals surface area contributed by atoms with Crippen LogP contribution in [0.2, 0.25) is 0 Å². The molecule has 2 heterocycles. The van der Waals surface area contributed by atoms with E-state index in [4.69, 9.17) is 4.74 Å². The number of morpholine rings is 1. The summed E-state index contributed by atoms with van der Waals surface area (Å²) in [6, 6.07) is 0. The minimum atomic E-state index is 0.154. The molecule has 0 amide bonds. The van der Waals surface area contributed by atoms with Crippen molar-refractivity contribution in [2.24, 2.45) is 0 Å². The number of carbonyl (C=O) groups excluding carboxylic acids is 1. The van der Waals surface area contributed by atoms with Gasteiger partial charge >= 0.3 is 0 Å². The van der Waals surface area contributed by atoms with Crippen LogP contribution in [0, 0.1) is 0 Å². The highest BCUT2D eigenvalue weighted by Gasteiger charge is 2.20. The molecule has 1 aromatic rings. The van der Waals surface area contributed by atoms with Gasteiger partial charge in [0.1, 0.15) is 0 Å². The van der Waals surface area contributed by atoms with Gasteiger partial charge in [-0.1, -0.05) is 6.92 Å². The summed E-state index contributed by atoms with van der Waals surface area (Å²) in [6.07, 6.45) is 4.39. The second kappa shape index (κ2) is 5.23. The smallest absolute Gasteiger partial charge is 0.185 e. The molecule has 1 aliphatic rings. The summed E-state index contributed by atoms with van der Waals surface area (Å²) in [5.41, 5.74) is 0. The Labute approximate surface area is 95.0 Å². The second-order valence-corrected chi connectivity index (χ2v) is 3.94. The summed E-state index contributed by atoms with van der Waals surface area (Å²) in [4.78, 5) is 17.0. The molecule has 2 rings (SSSR count). The zero-order valence-corrected chi connectivity index (χ0v) is 9.50. The lowest BCUT2D eigenvalue weighted by molar-refractivity contribution is -0.0344. The first kappa shape index (κ1) is 11.3. The largest absolute Gasteiger partial charge is 0.374 e. The van der Waals surface area contributed by atoms with E-state index in [2.05, 4.69) is 16.8 Å². The fourth-order valence-corrected chi connectivity index (χ4v) is 1.99. The summed E-state index contributed by atoms with van der Waals surface area (Å²) in [5.74, 6) is 0.470. The molecule has 0 radical (unpaired) electrons. The molecule has 0 aliphatic carbocycles. The molecule has 1 aromatic heterocycles. The lowest BCUT2D eigenvalue weighted by Crippen LogP contribution is -2.44. The minimum Gasteiger partial charge on any atom is -0.374 e. The molecule has 1 atom stereocenters. The average Bonchev–Trinajstić information content (AvgIpc) is 2.76. The van der Waals surface area contributed by atoms with Crippen molar-refractivity contribution < 1.29 is 9.53 Å². The number of likely N-dealkylation sites (N-methyl/N-ethyl adjacent to an activating group) is 1. The normalized spacial score (nSPS) is 22.2. The molecule has 5 nitrogen and oxygen atoms in total. The first-order chi connectivity index (χ1) is 7.83. The van der Waals surface area contributed by atoms with Gasteiger partial charge in [-0.15, -0.1) is 0 Å². The highest BCUT2D eigenvalue weighted by Crippen LogP contribution is 2.08. The van der Waals surface area contributed by atoms with Gasteiger partial charge in [-0.05, 0) is 6.54 Å². The van der Waals surface area contributed by atoms with E-state index in [1.807, 2.05) is 10.8 Å². The number of carbonyl (C=O) groups is 1. The van der Waals surface area contributed by atoms with Crippen LogP contribution in [0.3, 0.4) is 0 Å². The van der Waals surface area contributed by atoms with E-state index in [0.717, 1.165) is 32.5 Å². The molecule has 88 valence electrons. The molecule has 0 aromatic carbocycles. The molecule has 0 N–H and O–H groups in total. The molecular weight excluding hydrogens is 206 g/mol. The number of rotatable bonds is 4. The van der Waals surface area contributed by atoms with Gasteiger partial charge in [0, 0.05) is 25.5 Å². The fourth-order valence-electron chi connectivity index (χ4n) is 1.99. The lowest BCUT2D eigenvalue weighted by atomic mass is 10.2. The monoisotopic (exact) mass is 223 g/mol. The Balaban J connectivity index is 1.96. The van der Waals surface area contributed by atoms with Gasteiger partial charge in [-0.25, -0.2) is 4.98 Å².